The van der Waals surface area contributed by atoms with Gasteiger partial charge in [0.2, 0.25) is 0 Å². The number of pyridine rings is 1. The minimum atomic E-state index is -0.188. The van der Waals surface area contributed by atoms with Gasteiger partial charge in [-0.3, -0.25) is 9.98 Å². The average Bonchev–Trinajstić information content (AvgIpc) is 2.74. The lowest BCUT2D eigenvalue weighted by molar-refractivity contribution is 0.280. The van der Waals surface area contributed by atoms with Crippen molar-refractivity contribution in [3.63, 3.8) is 0 Å². The average molecular weight is 374 g/mol. The third-order valence-electron chi connectivity index (χ3n) is 4.88. The highest BCUT2D eigenvalue weighted by molar-refractivity contribution is 5.85. The Balaban J connectivity index is 1.80. The molecule has 1 atom stereocenters. The standard InChI is InChI=1S/C24H26N2O2/c1-18-24(28)22(21(17-27)15-25-18)16-26-23(20-12-6-3-7-13-20)14-8-11-19-9-4-2-5-10-19/h2-7,9-10,12-13,15-16,23,27-28H,8,11,14,17H2,1H3/t23-/m0/s1. The van der Waals surface area contributed by atoms with E-state index in [2.05, 4.69) is 41.4 Å². The van der Waals surface area contributed by atoms with Gasteiger partial charge in [0, 0.05) is 23.5 Å². The van der Waals surface area contributed by atoms with E-state index in [9.17, 15) is 10.2 Å². The predicted molar refractivity (Wildman–Crippen MR) is 113 cm³/mol. The monoisotopic (exact) mass is 374 g/mol. The molecule has 3 aromatic rings. The summed E-state index contributed by atoms with van der Waals surface area (Å²) in [6, 6.07) is 20.6. The van der Waals surface area contributed by atoms with Crippen LogP contribution in [0, 0.1) is 6.92 Å². The number of aliphatic hydroxyl groups excluding tert-OH is 1. The number of aryl methyl sites for hydroxylation is 2. The van der Waals surface area contributed by atoms with Crippen LogP contribution in [-0.2, 0) is 13.0 Å². The molecule has 0 unspecified atom stereocenters. The number of benzene rings is 2. The van der Waals surface area contributed by atoms with Crippen molar-refractivity contribution in [1.82, 2.24) is 4.98 Å². The van der Waals surface area contributed by atoms with Gasteiger partial charge in [-0.2, -0.15) is 0 Å². The molecule has 3 rings (SSSR count). The quantitative estimate of drug-likeness (QED) is 0.558. The Bertz CT molecular complexity index is 909. The molecule has 0 saturated carbocycles. The molecule has 0 amide bonds. The van der Waals surface area contributed by atoms with Crippen molar-refractivity contribution in [3.05, 3.63) is 94.8 Å². The Morgan fingerprint density at radius 1 is 1.04 bits per heavy atom. The van der Waals surface area contributed by atoms with Crippen molar-refractivity contribution in [3.8, 4) is 5.75 Å². The van der Waals surface area contributed by atoms with Gasteiger partial charge >= 0.3 is 0 Å². The maximum atomic E-state index is 10.4. The second kappa shape index (κ2) is 9.81. The first-order valence-corrected chi connectivity index (χ1v) is 9.59. The summed E-state index contributed by atoms with van der Waals surface area (Å²) in [5.41, 5.74) is 4.10. The largest absolute Gasteiger partial charge is 0.505 e. The van der Waals surface area contributed by atoms with Gasteiger partial charge in [0.15, 0.2) is 0 Å². The second-order valence-corrected chi connectivity index (χ2v) is 6.87. The molecular weight excluding hydrogens is 348 g/mol. The lowest BCUT2D eigenvalue weighted by atomic mass is 9.99. The SMILES string of the molecule is Cc1ncc(CO)c(C=N[C@@H](CCCc2ccccc2)c2ccccc2)c1O. The van der Waals surface area contributed by atoms with E-state index in [1.165, 1.54) is 5.56 Å². The first kappa shape index (κ1) is 19.8. The normalized spacial score (nSPS) is 12.4. The van der Waals surface area contributed by atoms with E-state index in [1.807, 2.05) is 24.3 Å². The molecule has 0 saturated heterocycles. The van der Waals surface area contributed by atoms with Gasteiger partial charge in [0.05, 0.1) is 18.3 Å². The molecule has 0 aliphatic rings. The summed E-state index contributed by atoms with van der Waals surface area (Å²) < 4.78 is 0. The summed E-state index contributed by atoms with van der Waals surface area (Å²) in [6.45, 7) is 1.55. The van der Waals surface area contributed by atoms with Crippen LogP contribution in [0.1, 0.15) is 46.8 Å². The lowest BCUT2D eigenvalue weighted by Crippen LogP contribution is -2.01. The third-order valence-corrected chi connectivity index (χ3v) is 4.88. The molecule has 2 N–H and O–H groups in total. The molecule has 144 valence electrons. The summed E-state index contributed by atoms with van der Waals surface area (Å²) in [6.07, 6.45) is 6.17. The van der Waals surface area contributed by atoms with Crippen LogP contribution in [0.15, 0.2) is 71.9 Å². The summed E-state index contributed by atoms with van der Waals surface area (Å²) in [7, 11) is 0. The predicted octanol–water partition coefficient (Wildman–Crippen LogP) is 4.77. The second-order valence-electron chi connectivity index (χ2n) is 6.87. The molecule has 2 aromatic carbocycles. The van der Waals surface area contributed by atoms with E-state index >= 15 is 0 Å². The molecule has 1 heterocycles. The summed E-state index contributed by atoms with van der Waals surface area (Å²) in [5, 5.41) is 19.9. The van der Waals surface area contributed by atoms with Crippen molar-refractivity contribution in [2.45, 2.75) is 38.8 Å². The highest BCUT2D eigenvalue weighted by Crippen LogP contribution is 2.26. The van der Waals surface area contributed by atoms with Gasteiger partial charge in [-0.25, -0.2) is 0 Å². The van der Waals surface area contributed by atoms with Gasteiger partial charge in [0.25, 0.3) is 0 Å². The summed E-state index contributed by atoms with van der Waals surface area (Å²) >= 11 is 0. The number of aliphatic hydroxyl groups is 1. The van der Waals surface area contributed by atoms with Crippen LogP contribution in [0.25, 0.3) is 0 Å². The van der Waals surface area contributed by atoms with E-state index in [4.69, 9.17) is 4.99 Å². The van der Waals surface area contributed by atoms with Crippen molar-refractivity contribution < 1.29 is 10.2 Å². The molecule has 4 nitrogen and oxygen atoms in total. The maximum Gasteiger partial charge on any atom is 0.145 e. The first-order valence-electron chi connectivity index (χ1n) is 9.59. The Morgan fingerprint density at radius 2 is 1.71 bits per heavy atom. The Hall–Kier alpha value is -2.98. The minimum absolute atomic E-state index is 0.00988. The molecule has 0 bridgehead atoms. The van der Waals surface area contributed by atoms with Crippen molar-refractivity contribution >= 4 is 6.21 Å². The highest BCUT2D eigenvalue weighted by Gasteiger charge is 2.12. The number of hydrogen-bond acceptors (Lipinski definition) is 4. The van der Waals surface area contributed by atoms with Crippen molar-refractivity contribution in [1.29, 1.82) is 0 Å². The van der Waals surface area contributed by atoms with E-state index in [-0.39, 0.29) is 18.4 Å². The molecule has 4 heteroatoms. The molecule has 0 aliphatic carbocycles. The minimum Gasteiger partial charge on any atom is -0.505 e. The number of rotatable bonds is 8. The van der Waals surface area contributed by atoms with Crippen LogP contribution in [0.2, 0.25) is 0 Å². The van der Waals surface area contributed by atoms with Gasteiger partial charge < -0.3 is 10.2 Å². The fourth-order valence-electron chi connectivity index (χ4n) is 3.23. The van der Waals surface area contributed by atoms with Crippen molar-refractivity contribution in [2.24, 2.45) is 4.99 Å². The number of aromatic nitrogens is 1. The molecular formula is C24H26N2O2. The fraction of sp³-hybridized carbons (Fsp3) is 0.250. The summed E-state index contributed by atoms with van der Waals surface area (Å²) in [5.74, 6) is 0.0754. The van der Waals surface area contributed by atoms with Crippen LogP contribution in [-0.4, -0.2) is 21.4 Å². The zero-order valence-corrected chi connectivity index (χ0v) is 16.1. The Morgan fingerprint density at radius 3 is 2.39 bits per heavy atom. The van der Waals surface area contributed by atoms with Gasteiger partial charge in [0.1, 0.15) is 5.75 Å². The van der Waals surface area contributed by atoms with Gasteiger partial charge in [-0.05, 0) is 37.3 Å². The smallest absolute Gasteiger partial charge is 0.145 e. The van der Waals surface area contributed by atoms with Crippen LogP contribution in [0.5, 0.6) is 5.75 Å². The van der Waals surface area contributed by atoms with Crippen LogP contribution >= 0.6 is 0 Å². The summed E-state index contributed by atoms with van der Waals surface area (Å²) in [4.78, 5) is 8.89. The van der Waals surface area contributed by atoms with Crippen LogP contribution in [0.4, 0.5) is 0 Å². The molecule has 28 heavy (non-hydrogen) atoms. The van der Waals surface area contributed by atoms with E-state index in [0.717, 1.165) is 24.8 Å². The van der Waals surface area contributed by atoms with Crippen molar-refractivity contribution in [2.75, 3.05) is 0 Å². The highest BCUT2D eigenvalue weighted by atomic mass is 16.3. The first-order chi connectivity index (χ1) is 13.7. The molecule has 1 aromatic heterocycles. The van der Waals surface area contributed by atoms with Crippen LogP contribution < -0.4 is 0 Å². The number of aromatic hydroxyl groups is 1. The van der Waals surface area contributed by atoms with E-state index in [1.54, 1.807) is 19.3 Å². The Kier molecular flexibility index (Phi) is 6.93. The lowest BCUT2D eigenvalue weighted by Gasteiger charge is -2.14. The molecule has 0 fully saturated rings. The fourth-order valence-corrected chi connectivity index (χ4v) is 3.23. The third kappa shape index (κ3) is 5.05. The molecule has 0 aliphatic heterocycles. The number of nitrogens with zero attached hydrogens (tertiary/aromatic N) is 2. The zero-order valence-electron chi connectivity index (χ0n) is 16.1. The number of hydrogen-bond donors (Lipinski definition) is 2. The topological polar surface area (TPSA) is 65.7 Å². The number of aliphatic imine (C=N–C) groups is 1. The Labute approximate surface area is 166 Å². The molecule has 0 spiro atoms. The van der Waals surface area contributed by atoms with E-state index in [0.29, 0.717) is 16.8 Å². The van der Waals surface area contributed by atoms with Gasteiger partial charge in [-0.1, -0.05) is 60.7 Å². The maximum absolute atomic E-state index is 10.4. The zero-order chi connectivity index (χ0) is 19.8. The van der Waals surface area contributed by atoms with Gasteiger partial charge in [-0.15, -0.1) is 0 Å². The van der Waals surface area contributed by atoms with E-state index < -0.39 is 0 Å². The molecule has 0 radical (unpaired) electrons. The van der Waals surface area contributed by atoms with Crippen LogP contribution in [0.3, 0.4) is 0 Å².